The van der Waals surface area contributed by atoms with Gasteiger partial charge in [0.2, 0.25) is 0 Å². The SMILES string of the molecule is CC(C)=CCNC(C)CBr. The number of hydrogen-bond acceptors (Lipinski definition) is 1. The zero-order valence-electron chi connectivity index (χ0n) is 6.95. The first kappa shape index (κ1) is 10.2. The zero-order chi connectivity index (χ0) is 7.98. The van der Waals surface area contributed by atoms with E-state index in [1.54, 1.807) is 0 Å². The molecule has 0 aromatic heterocycles. The van der Waals surface area contributed by atoms with Crippen molar-refractivity contribution in [1.29, 1.82) is 0 Å². The van der Waals surface area contributed by atoms with Crippen LogP contribution in [0.3, 0.4) is 0 Å². The Morgan fingerprint density at radius 1 is 1.60 bits per heavy atom. The first-order chi connectivity index (χ1) is 4.66. The standard InChI is InChI=1S/C8H16BrN/c1-7(2)4-5-10-8(3)6-9/h4,8,10H,5-6H2,1-3H3. The Morgan fingerprint density at radius 2 is 2.20 bits per heavy atom. The minimum absolute atomic E-state index is 0.565. The highest BCUT2D eigenvalue weighted by atomic mass is 79.9. The molecule has 0 bridgehead atoms. The van der Waals surface area contributed by atoms with Crippen LogP contribution in [0.15, 0.2) is 11.6 Å². The molecular formula is C8H16BrN. The van der Waals surface area contributed by atoms with Gasteiger partial charge in [-0.05, 0) is 20.8 Å². The third-order valence-electron chi connectivity index (χ3n) is 1.21. The van der Waals surface area contributed by atoms with E-state index in [2.05, 4.69) is 48.1 Å². The summed E-state index contributed by atoms with van der Waals surface area (Å²) in [5.41, 5.74) is 1.37. The van der Waals surface area contributed by atoms with Gasteiger partial charge in [0, 0.05) is 17.9 Å². The second-order valence-corrected chi connectivity index (χ2v) is 3.39. The molecule has 0 aliphatic rings. The van der Waals surface area contributed by atoms with Gasteiger partial charge in [-0.1, -0.05) is 27.6 Å². The summed E-state index contributed by atoms with van der Waals surface area (Å²) in [4.78, 5) is 0. The van der Waals surface area contributed by atoms with E-state index in [1.807, 2.05) is 0 Å². The second-order valence-electron chi connectivity index (χ2n) is 2.75. The second kappa shape index (κ2) is 5.93. The third-order valence-corrected chi connectivity index (χ3v) is 2.18. The van der Waals surface area contributed by atoms with Crippen molar-refractivity contribution < 1.29 is 0 Å². The zero-order valence-corrected chi connectivity index (χ0v) is 8.53. The molecule has 0 saturated carbocycles. The van der Waals surface area contributed by atoms with Gasteiger partial charge >= 0.3 is 0 Å². The van der Waals surface area contributed by atoms with E-state index in [-0.39, 0.29) is 0 Å². The van der Waals surface area contributed by atoms with Crippen LogP contribution in [0.4, 0.5) is 0 Å². The van der Waals surface area contributed by atoms with Crippen LogP contribution in [-0.2, 0) is 0 Å². The van der Waals surface area contributed by atoms with Gasteiger partial charge in [-0.2, -0.15) is 0 Å². The fraction of sp³-hybridized carbons (Fsp3) is 0.750. The summed E-state index contributed by atoms with van der Waals surface area (Å²) in [6.07, 6.45) is 2.19. The molecule has 1 atom stereocenters. The lowest BCUT2D eigenvalue weighted by Crippen LogP contribution is -2.27. The van der Waals surface area contributed by atoms with E-state index in [9.17, 15) is 0 Å². The molecule has 0 radical (unpaired) electrons. The molecule has 2 heteroatoms. The molecule has 1 unspecified atom stereocenters. The maximum Gasteiger partial charge on any atom is 0.0183 e. The predicted octanol–water partition coefficient (Wildman–Crippen LogP) is 2.33. The van der Waals surface area contributed by atoms with Crippen molar-refractivity contribution in [1.82, 2.24) is 5.32 Å². The summed E-state index contributed by atoms with van der Waals surface area (Å²) < 4.78 is 0. The average Bonchev–Trinajstić information content (AvgIpc) is 1.87. The van der Waals surface area contributed by atoms with Crippen LogP contribution in [0.1, 0.15) is 20.8 Å². The normalized spacial score (nSPS) is 12.8. The topological polar surface area (TPSA) is 12.0 Å². The number of rotatable bonds is 4. The van der Waals surface area contributed by atoms with Crippen molar-refractivity contribution >= 4 is 15.9 Å². The number of hydrogen-bond donors (Lipinski definition) is 1. The highest BCUT2D eigenvalue weighted by molar-refractivity contribution is 9.09. The minimum Gasteiger partial charge on any atom is -0.310 e. The molecule has 0 aromatic carbocycles. The van der Waals surface area contributed by atoms with Crippen molar-refractivity contribution in [3.05, 3.63) is 11.6 Å². The van der Waals surface area contributed by atoms with Crippen molar-refractivity contribution in [2.75, 3.05) is 11.9 Å². The molecule has 0 aliphatic heterocycles. The lowest BCUT2D eigenvalue weighted by molar-refractivity contribution is 0.642. The first-order valence-corrected chi connectivity index (χ1v) is 4.71. The van der Waals surface area contributed by atoms with E-state index >= 15 is 0 Å². The van der Waals surface area contributed by atoms with Crippen molar-refractivity contribution in [2.45, 2.75) is 26.8 Å². The fourth-order valence-electron chi connectivity index (χ4n) is 0.519. The van der Waals surface area contributed by atoms with Crippen LogP contribution >= 0.6 is 15.9 Å². The van der Waals surface area contributed by atoms with Gasteiger partial charge in [0.1, 0.15) is 0 Å². The van der Waals surface area contributed by atoms with Crippen molar-refractivity contribution in [2.24, 2.45) is 0 Å². The van der Waals surface area contributed by atoms with Crippen LogP contribution in [0.2, 0.25) is 0 Å². The molecule has 0 aliphatic carbocycles. The Kier molecular flexibility index (Phi) is 6.03. The van der Waals surface area contributed by atoms with E-state index in [0.29, 0.717) is 6.04 Å². The quantitative estimate of drug-likeness (QED) is 0.549. The number of alkyl halides is 1. The van der Waals surface area contributed by atoms with Gasteiger partial charge in [-0.25, -0.2) is 0 Å². The molecule has 0 aromatic rings. The van der Waals surface area contributed by atoms with Crippen LogP contribution in [0.5, 0.6) is 0 Å². The van der Waals surface area contributed by atoms with Gasteiger partial charge in [0.15, 0.2) is 0 Å². The van der Waals surface area contributed by atoms with E-state index in [0.717, 1.165) is 11.9 Å². The van der Waals surface area contributed by atoms with Crippen LogP contribution < -0.4 is 5.32 Å². The Bertz CT molecular complexity index is 106. The number of nitrogens with one attached hydrogen (secondary N) is 1. The Morgan fingerprint density at radius 3 is 2.60 bits per heavy atom. The monoisotopic (exact) mass is 205 g/mol. The largest absolute Gasteiger partial charge is 0.310 e. The van der Waals surface area contributed by atoms with Crippen LogP contribution in [0.25, 0.3) is 0 Å². The third kappa shape index (κ3) is 6.30. The fourth-order valence-corrected chi connectivity index (χ4v) is 0.748. The van der Waals surface area contributed by atoms with Crippen molar-refractivity contribution in [3.63, 3.8) is 0 Å². The van der Waals surface area contributed by atoms with E-state index in [1.165, 1.54) is 5.57 Å². The molecule has 10 heavy (non-hydrogen) atoms. The van der Waals surface area contributed by atoms with E-state index < -0.39 is 0 Å². The number of allylic oxidation sites excluding steroid dienone is 1. The van der Waals surface area contributed by atoms with Gasteiger partial charge in [0.05, 0.1) is 0 Å². The Balaban J connectivity index is 3.28. The molecule has 0 heterocycles. The van der Waals surface area contributed by atoms with Crippen LogP contribution in [0, 0.1) is 0 Å². The Labute approximate surface area is 72.0 Å². The minimum atomic E-state index is 0.565. The molecule has 1 N–H and O–H groups in total. The Hall–Kier alpha value is 0.180. The summed E-state index contributed by atoms with van der Waals surface area (Å²) in [5, 5.41) is 4.36. The number of halogens is 1. The molecule has 0 fully saturated rings. The molecular weight excluding hydrogens is 190 g/mol. The molecule has 0 amide bonds. The molecule has 1 nitrogen and oxygen atoms in total. The summed E-state index contributed by atoms with van der Waals surface area (Å²) in [6.45, 7) is 7.36. The summed E-state index contributed by atoms with van der Waals surface area (Å²) >= 11 is 3.40. The van der Waals surface area contributed by atoms with Gasteiger partial charge in [-0.15, -0.1) is 0 Å². The summed E-state index contributed by atoms with van der Waals surface area (Å²) in [6, 6.07) is 0.565. The molecule has 60 valence electrons. The highest BCUT2D eigenvalue weighted by Gasteiger charge is 1.93. The molecule has 0 spiro atoms. The van der Waals surface area contributed by atoms with Gasteiger partial charge in [-0.3, -0.25) is 0 Å². The average molecular weight is 206 g/mol. The predicted molar refractivity (Wildman–Crippen MR) is 50.7 cm³/mol. The maximum atomic E-state index is 3.40. The molecule has 0 rings (SSSR count). The van der Waals surface area contributed by atoms with Gasteiger partial charge < -0.3 is 5.32 Å². The van der Waals surface area contributed by atoms with Gasteiger partial charge in [0.25, 0.3) is 0 Å². The summed E-state index contributed by atoms with van der Waals surface area (Å²) in [5.74, 6) is 0. The van der Waals surface area contributed by atoms with E-state index in [4.69, 9.17) is 0 Å². The van der Waals surface area contributed by atoms with Crippen LogP contribution in [-0.4, -0.2) is 17.9 Å². The highest BCUT2D eigenvalue weighted by Crippen LogP contribution is 1.90. The smallest absolute Gasteiger partial charge is 0.0183 e. The first-order valence-electron chi connectivity index (χ1n) is 3.59. The summed E-state index contributed by atoms with van der Waals surface area (Å²) in [7, 11) is 0. The van der Waals surface area contributed by atoms with Crippen molar-refractivity contribution in [3.8, 4) is 0 Å². The molecule has 0 saturated heterocycles. The maximum absolute atomic E-state index is 3.40. The lowest BCUT2D eigenvalue weighted by atomic mass is 10.3. The lowest BCUT2D eigenvalue weighted by Gasteiger charge is -2.07.